The number of amides is 4. The molecule has 0 saturated carbocycles. The zero-order valence-corrected chi connectivity index (χ0v) is 28.1. The lowest BCUT2D eigenvalue weighted by atomic mass is 9.98. The number of ether oxygens (including phenoxy) is 3. The molecule has 0 radical (unpaired) electrons. The Kier molecular flexibility index (Phi) is 12.2. The molecule has 0 aliphatic heterocycles. The van der Waals surface area contributed by atoms with Gasteiger partial charge in [0.05, 0.1) is 19.7 Å². The van der Waals surface area contributed by atoms with Crippen LogP contribution in [0.2, 0.25) is 25.7 Å². The predicted octanol–water partition coefficient (Wildman–Crippen LogP) is 4.05. The number of nitrogens with one attached hydrogen (secondary N) is 4. The maximum atomic E-state index is 13.2. The molecule has 13 nitrogen and oxygen atoms in total. The van der Waals surface area contributed by atoms with E-state index < -0.39 is 69.0 Å². The number of fused-ring (bicyclic) bond motifs is 3. The van der Waals surface area contributed by atoms with Crippen molar-refractivity contribution in [2.24, 2.45) is 0 Å². The average Bonchev–Trinajstić information content (AvgIpc) is 3.28. The van der Waals surface area contributed by atoms with Crippen LogP contribution < -0.4 is 21.3 Å². The van der Waals surface area contributed by atoms with Crippen molar-refractivity contribution in [1.29, 1.82) is 0 Å². The fraction of sp³-hybridized carbons (Fsp3) is 0.469. The van der Waals surface area contributed by atoms with Gasteiger partial charge in [-0.3, -0.25) is 4.79 Å². The molecule has 5 N–H and O–H groups in total. The van der Waals surface area contributed by atoms with Crippen molar-refractivity contribution < 1.29 is 43.3 Å². The standard InChI is InChI=1S/C32H44N4O9Si/c1-32(2,3)45-30(41)34-17-25(27(37)35-26(28(38)39)18-33-29(40)43-15-16-46(4,5)6)36-31(42)44-19-24-22-13-9-7-11-20(22)21-12-8-10-14-23(21)24/h7-14,24-26H,15-19H2,1-6H3,(H,33,40)(H,34,41)(H,35,37)(H,36,42)(H,38,39)/t25-,26?/m0/s1. The van der Waals surface area contributed by atoms with Crippen LogP contribution in [0.3, 0.4) is 0 Å². The van der Waals surface area contributed by atoms with Crippen LogP contribution in [0.5, 0.6) is 0 Å². The van der Waals surface area contributed by atoms with Gasteiger partial charge in [-0.15, -0.1) is 0 Å². The van der Waals surface area contributed by atoms with E-state index in [2.05, 4.69) is 40.9 Å². The molecule has 0 spiro atoms. The molecule has 0 heterocycles. The van der Waals surface area contributed by atoms with Crippen molar-refractivity contribution in [2.75, 3.05) is 26.3 Å². The number of carbonyl (C=O) groups excluding carboxylic acids is 4. The molecular formula is C32H44N4O9Si. The van der Waals surface area contributed by atoms with E-state index in [1.54, 1.807) is 20.8 Å². The second-order valence-corrected chi connectivity index (χ2v) is 18.8. The van der Waals surface area contributed by atoms with Crippen molar-refractivity contribution in [3.05, 3.63) is 59.7 Å². The molecule has 2 atom stereocenters. The lowest BCUT2D eigenvalue weighted by molar-refractivity contribution is -0.141. The van der Waals surface area contributed by atoms with Crippen LogP contribution in [0.25, 0.3) is 11.1 Å². The predicted molar refractivity (Wildman–Crippen MR) is 173 cm³/mol. The lowest BCUT2D eigenvalue weighted by Gasteiger charge is -2.24. The minimum atomic E-state index is -1.56. The summed E-state index contributed by atoms with van der Waals surface area (Å²) in [5.41, 5.74) is 3.24. The highest BCUT2D eigenvalue weighted by Crippen LogP contribution is 2.44. The molecule has 46 heavy (non-hydrogen) atoms. The van der Waals surface area contributed by atoms with Crippen molar-refractivity contribution in [3.63, 3.8) is 0 Å². The van der Waals surface area contributed by atoms with E-state index in [4.69, 9.17) is 14.2 Å². The first kappa shape index (κ1) is 35.9. The SMILES string of the molecule is CC(C)(C)OC(=O)NC[C@H](NC(=O)OCC1c2ccccc2-c2ccccc21)C(=O)NC(CNC(=O)OCC[Si](C)(C)C)C(=O)O. The topological polar surface area (TPSA) is 181 Å². The van der Waals surface area contributed by atoms with Gasteiger partial charge >= 0.3 is 24.2 Å². The summed E-state index contributed by atoms with van der Waals surface area (Å²) < 4.78 is 15.9. The largest absolute Gasteiger partial charge is 0.480 e. The highest BCUT2D eigenvalue weighted by molar-refractivity contribution is 6.76. The Morgan fingerprint density at radius 3 is 1.87 bits per heavy atom. The molecule has 250 valence electrons. The summed E-state index contributed by atoms with van der Waals surface area (Å²) in [5.74, 6) is -2.61. The van der Waals surface area contributed by atoms with Crippen molar-refractivity contribution in [1.82, 2.24) is 21.3 Å². The van der Waals surface area contributed by atoms with E-state index in [9.17, 15) is 29.1 Å². The molecule has 0 bridgehead atoms. The maximum Gasteiger partial charge on any atom is 0.407 e. The molecule has 4 amide bonds. The molecule has 2 aromatic rings. The van der Waals surface area contributed by atoms with Gasteiger partial charge in [0.1, 0.15) is 24.3 Å². The van der Waals surface area contributed by atoms with E-state index >= 15 is 0 Å². The smallest absolute Gasteiger partial charge is 0.407 e. The zero-order valence-electron chi connectivity index (χ0n) is 27.1. The summed E-state index contributed by atoms with van der Waals surface area (Å²) in [4.78, 5) is 62.5. The molecule has 1 aliphatic carbocycles. The van der Waals surface area contributed by atoms with E-state index in [0.29, 0.717) is 0 Å². The Bertz CT molecular complexity index is 1380. The quantitative estimate of drug-likeness (QED) is 0.157. The van der Waals surface area contributed by atoms with E-state index in [-0.39, 0.29) is 19.1 Å². The van der Waals surface area contributed by atoms with Gasteiger partial charge < -0.3 is 40.6 Å². The fourth-order valence-corrected chi connectivity index (χ4v) is 5.36. The Balaban J connectivity index is 1.65. The number of benzene rings is 2. The van der Waals surface area contributed by atoms with Crippen LogP contribution in [0, 0.1) is 0 Å². The zero-order chi connectivity index (χ0) is 34.1. The van der Waals surface area contributed by atoms with E-state index in [0.717, 1.165) is 28.3 Å². The number of hydrogen-bond acceptors (Lipinski definition) is 8. The van der Waals surface area contributed by atoms with Crippen molar-refractivity contribution in [2.45, 2.75) is 70.1 Å². The molecule has 1 unspecified atom stereocenters. The van der Waals surface area contributed by atoms with Gasteiger partial charge in [-0.2, -0.15) is 0 Å². The number of aliphatic carboxylic acids is 1. The van der Waals surface area contributed by atoms with Gasteiger partial charge in [-0.1, -0.05) is 68.2 Å². The maximum absolute atomic E-state index is 13.2. The Morgan fingerprint density at radius 1 is 0.783 bits per heavy atom. The average molecular weight is 657 g/mol. The van der Waals surface area contributed by atoms with E-state index in [1.165, 1.54) is 0 Å². The third kappa shape index (κ3) is 11.1. The molecule has 1 aliphatic rings. The second-order valence-electron chi connectivity index (χ2n) is 13.1. The van der Waals surface area contributed by atoms with Crippen molar-refractivity contribution in [3.8, 4) is 11.1 Å². The molecular weight excluding hydrogens is 612 g/mol. The van der Waals surface area contributed by atoms with Crippen LogP contribution in [0.4, 0.5) is 14.4 Å². The summed E-state index contributed by atoms with van der Waals surface area (Å²) in [6, 6.07) is 13.3. The fourth-order valence-electron chi connectivity index (χ4n) is 4.65. The number of rotatable bonds is 13. The third-order valence-corrected chi connectivity index (χ3v) is 8.66. The molecule has 0 aromatic heterocycles. The van der Waals surface area contributed by atoms with Gasteiger partial charge in [-0.25, -0.2) is 19.2 Å². The number of hydrogen-bond donors (Lipinski definition) is 5. The first-order valence-corrected chi connectivity index (χ1v) is 18.8. The molecule has 2 aromatic carbocycles. The number of carboxylic acids is 1. The van der Waals surface area contributed by atoms with Crippen LogP contribution in [-0.4, -0.2) is 87.3 Å². The number of carbonyl (C=O) groups is 5. The molecule has 0 saturated heterocycles. The molecule has 3 rings (SSSR count). The normalized spacial score (nSPS) is 13.7. The van der Waals surface area contributed by atoms with Gasteiger partial charge in [-0.05, 0) is 49.1 Å². The Hall–Kier alpha value is -4.59. The lowest BCUT2D eigenvalue weighted by Crippen LogP contribution is -2.58. The molecule has 0 fully saturated rings. The van der Waals surface area contributed by atoms with Crippen molar-refractivity contribution >= 4 is 38.2 Å². The summed E-state index contributed by atoms with van der Waals surface area (Å²) in [5, 5.41) is 19.1. The van der Waals surface area contributed by atoms with Gasteiger partial charge in [0.2, 0.25) is 5.91 Å². The first-order chi connectivity index (χ1) is 21.5. The van der Waals surface area contributed by atoms with Gasteiger partial charge in [0.25, 0.3) is 0 Å². The van der Waals surface area contributed by atoms with Crippen LogP contribution >= 0.6 is 0 Å². The third-order valence-electron chi connectivity index (χ3n) is 6.95. The Morgan fingerprint density at radius 2 is 1.33 bits per heavy atom. The highest BCUT2D eigenvalue weighted by Gasteiger charge is 2.31. The first-order valence-electron chi connectivity index (χ1n) is 15.1. The van der Waals surface area contributed by atoms with Gasteiger partial charge in [0.15, 0.2) is 0 Å². The van der Waals surface area contributed by atoms with Crippen LogP contribution in [0.1, 0.15) is 37.8 Å². The summed E-state index contributed by atoms with van der Waals surface area (Å²) in [7, 11) is -1.45. The number of carboxylic acid groups (broad SMARTS) is 1. The summed E-state index contributed by atoms with van der Waals surface area (Å²) in [6.07, 6.45) is -2.63. The van der Waals surface area contributed by atoms with E-state index in [1.807, 2.05) is 48.5 Å². The van der Waals surface area contributed by atoms with Crippen LogP contribution in [-0.2, 0) is 23.8 Å². The Labute approximate surface area is 269 Å². The van der Waals surface area contributed by atoms with Gasteiger partial charge in [0, 0.05) is 14.0 Å². The minimum Gasteiger partial charge on any atom is -0.480 e. The summed E-state index contributed by atoms with van der Waals surface area (Å²) in [6.45, 7) is 10.6. The minimum absolute atomic E-state index is 0.0326. The molecule has 14 heteroatoms. The highest BCUT2D eigenvalue weighted by atomic mass is 28.3. The second kappa shape index (κ2) is 15.6. The monoisotopic (exact) mass is 656 g/mol. The number of alkyl carbamates (subject to hydrolysis) is 3. The summed E-state index contributed by atoms with van der Waals surface area (Å²) >= 11 is 0. The van der Waals surface area contributed by atoms with Crippen LogP contribution in [0.15, 0.2) is 48.5 Å².